The zero-order chi connectivity index (χ0) is 17.3. The summed E-state index contributed by atoms with van der Waals surface area (Å²) >= 11 is 5.46. The molecule has 24 heavy (non-hydrogen) atoms. The van der Waals surface area contributed by atoms with Crippen LogP contribution in [0.15, 0.2) is 53.7 Å². The van der Waals surface area contributed by atoms with Gasteiger partial charge in [0, 0.05) is 18.0 Å². The standard InChI is InChI=1S/C19H15ClN2O2/c1-12-5-3-6-15(13(12)2)17(23)19(9-4-10-22-19)16-8-7-14(11-21-16)18(20)24/h3-11H,1-2H3. The summed E-state index contributed by atoms with van der Waals surface area (Å²) in [6, 6.07) is 8.79. The molecule has 3 rings (SSSR count). The topological polar surface area (TPSA) is 59.4 Å². The Morgan fingerprint density at radius 1 is 1.12 bits per heavy atom. The molecule has 1 aliphatic rings. The molecule has 1 aromatic carbocycles. The van der Waals surface area contributed by atoms with Crippen molar-refractivity contribution < 1.29 is 9.59 Å². The first-order valence-electron chi connectivity index (χ1n) is 7.46. The van der Waals surface area contributed by atoms with Crippen LogP contribution in [-0.4, -0.2) is 22.2 Å². The summed E-state index contributed by atoms with van der Waals surface area (Å²) in [5, 5.41) is -0.588. The molecular weight excluding hydrogens is 324 g/mol. The molecule has 0 amide bonds. The minimum Gasteiger partial charge on any atom is -0.291 e. The van der Waals surface area contributed by atoms with Crippen molar-refractivity contribution in [2.75, 3.05) is 0 Å². The van der Waals surface area contributed by atoms with E-state index in [2.05, 4.69) is 9.98 Å². The van der Waals surface area contributed by atoms with Gasteiger partial charge in [-0.1, -0.05) is 18.2 Å². The van der Waals surface area contributed by atoms with E-state index in [9.17, 15) is 9.59 Å². The molecule has 0 fully saturated rings. The van der Waals surface area contributed by atoms with Gasteiger partial charge in [-0.2, -0.15) is 0 Å². The van der Waals surface area contributed by atoms with Crippen molar-refractivity contribution in [1.82, 2.24) is 4.98 Å². The minimum absolute atomic E-state index is 0.147. The number of aryl methyl sites for hydroxylation is 1. The van der Waals surface area contributed by atoms with Crippen LogP contribution in [0.4, 0.5) is 0 Å². The zero-order valence-electron chi connectivity index (χ0n) is 13.3. The van der Waals surface area contributed by atoms with Gasteiger partial charge in [0.2, 0.25) is 5.78 Å². The summed E-state index contributed by atoms with van der Waals surface area (Å²) in [5.41, 5.74) is 2.11. The van der Waals surface area contributed by atoms with Crippen LogP contribution >= 0.6 is 11.6 Å². The van der Waals surface area contributed by atoms with Crippen molar-refractivity contribution in [3.8, 4) is 0 Å². The minimum atomic E-state index is -1.20. The van der Waals surface area contributed by atoms with E-state index in [1.165, 1.54) is 6.20 Å². The molecule has 1 atom stereocenters. The van der Waals surface area contributed by atoms with Gasteiger partial charge in [0.25, 0.3) is 5.24 Å². The summed E-state index contributed by atoms with van der Waals surface area (Å²) in [4.78, 5) is 33.1. The van der Waals surface area contributed by atoms with Crippen LogP contribution in [-0.2, 0) is 5.54 Å². The molecule has 0 saturated carbocycles. The molecule has 1 aromatic heterocycles. The smallest absolute Gasteiger partial charge is 0.253 e. The normalized spacial score (nSPS) is 18.8. The van der Waals surface area contributed by atoms with Crippen molar-refractivity contribution >= 4 is 28.8 Å². The number of pyridine rings is 1. The van der Waals surface area contributed by atoms with Gasteiger partial charge in [-0.25, -0.2) is 0 Å². The molecule has 1 unspecified atom stereocenters. The van der Waals surface area contributed by atoms with Crippen LogP contribution in [0, 0.1) is 13.8 Å². The Kier molecular flexibility index (Phi) is 4.16. The van der Waals surface area contributed by atoms with Gasteiger partial charge < -0.3 is 0 Å². The fourth-order valence-corrected chi connectivity index (χ4v) is 2.84. The highest BCUT2D eigenvalue weighted by Gasteiger charge is 2.41. The highest BCUT2D eigenvalue weighted by molar-refractivity contribution is 6.67. The zero-order valence-corrected chi connectivity index (χ0v) is 14.0. The molecule has 0 spiro atoms. The van der Waals surface area contributed by atoms with Gasteiger partial charge in [-0.05, 0) is 60.9 Å². The Morgan fingerprint density at radius 2 is 1.92 bits per heavy atom. The Morgan fingerprint density at radius 3 is 2.50 bits per heavy atom. The molecule has 0 saturated heterocycles. The summed E-state index contributed by atoms with van der Waals surface area (Å²) < 4.78 is 0. The Bertz CT molecular complexity index is 871. The maximum atomic E-state index is 13.3. The lowest BCUT2D eigenvalue weighted by atomic mass is 9.84. The number of aromatic nitrogens is 1. The number of Topliss-reactive ketones (excluding diaryl/α,β-unsaturated/α-hetero) is 1. The number of carbonyl (C=O) groups is 2. The molecule has 0 N–H and O–H groups in total. The molecule has 1 aliphatic heterocycles. The largest absolute Gasteiger partial charge is 0.291 e. The van der Waals surface area contributed by atoms with E-state index in [1.54, 1.807) is 36.6 Å². The number of hydrogen-bond acceptors (Lipinski definition) is 4. The fraction of sp³-hybridized carbons (Fsp3) is 0.158. The van der Waals surface area contributed by atoms with Crippen LogP contribution in [0.3, 0.4) is 0 Å². The average molecular weight is 339 g/mol. The number of halogens is 1. The van der Waals surface area contributed by atoms with Gasteiger partial charge in [-0.15, -0.1) is 0 Å². The number of hydrogen-bond donors (Lipinski definition) is 0. The highest BCUT2D eigenvalue weighted by Crippen LogP contribution is 2.34. The number of benzene rings is 1. The van der Waals surface area contributed by atoms with E-state index in [1.807, 2.05) is 26.0 Å². The maximum absolute atomic E-state index is 13.3. The van der Waals surface area contributed by atoms with E-state index in [0.29, 0.717) is 11.3 Å². The average Bonchev–Trinajstić information content (AvgIpc) is 3.08. The van der Waals surface area contributed by atoms with Crippen LogP contribution in [0.2, 0.25) is 0 Å². The summed E-state index contributed by atoms with van der Waals surface area (Å²) in [6.45, 7) is 3.88. The number of ketones is 1. The van der Waals surface area contributed by atoms with Gasteiger partial charge >= 0.3 is 0 Å². The van der Waals surface area contributed by atoms with Gasteiger partial charge in [0.15, 0.2) is 5.54 Å². The van der Waals surface area contributed by atoms with Gasteiger partial charge in [-0.3, -0.25) is 19.6 Å². The first-order chi connectivity index (χ1) is 11.5. The SMILES string of the molecule is Cc1cccc(C(=O)C2(c3ccc(C(=O)Cl)cn3)C=CC=N2)c1C. The first kappa shape index (κ1) is 16.3. The third kappa shape index (κ3) is 2.59. The summed E-state index contributed by atoms with van der Waals surface area (Å²) in [5.74, 6) is -0.147. The fourth-order valence-electron chi connectivity index (χ4n) is 2.73. The number of allylic oxidation sites excluding steroid dienone is 1. The van der Waals surface area contributed by atoms with Crippen LogP contribution in [0.5, 0.6) is 0 Å². The van der Waals surface area contributed by atoms with E-state index >= 15 is 0 Å². The number of rotatable bonds is 4. The van der Waals surface area contributed by atoms with E-state index in [0.717, 1.165) is 11.1 Å². The first-order valence-corrected chi connectivity index (χ1v) is 7.84. The molecule has 2 heterocycles. The molecule has 5 heteroatoms. The van der Waals surface area contributed by atoms with Crippen molar-refractivity contribution in [1.29, 1.82) is 0 Å². The van der Waals surface area contributed by atoms with Crippen LogP contribution < -0.4 is 0 Å². The lowest BCUT2D eigenvalue weighted by Crippen LogP contribution is -2.32. The molecule has 0 radical (unpaired) electrons. The van der Waals surface area contributed by atoms with Crippen molar-refractivity contribution in [3.05, 3.63) is 76.6 Å². The molecule has 0 bridgehead atoms. The molecule has 120 valence electrons. The summed E-state index contributed by atoms with van der Waals surface area (Å²) in [7, 11) is 0. The van der Waals surface area contributed by atoms with Crippen LogP contribution in [0.1, 0.15) is 37.5 Å². The monoisotopic (exact) mass is 338 g/mol. The number of aliphatic imine (C=N–C) groups is 1. The lowest BCUT2D eigenvalue weighted by molar-refractivity contribution is 0.0920. The molecule has 0 aliphatic carbocycles. The third-order valence-electron chi connectivity index (χ3n) is 4.28. The van der Waals surface area contributed by atoms with E-state index < -0.39 is 10.8 Å². The lowest BCUT2D eigenvalue weighted by Gasteiger charge is -2.23. The van der Waals surface area contributed by atoms with Crippen molar-refractivity contribution in [3.63, 3.8) is 0 Å². The molecular formula is C19H15ClN2O2. The van der Waals surface area contributed by atoms with Crippen molar-refractivity contribution in [2.24, 2.45) is 4.99 Å². The van der Waals surface area contributed by atoms with Gasteiger partial charge in [0.1, 0.15) is 0 Å². The molecule has 2 aromatic rings. The highest BCUT2D eigenvalue weighted by atomic mass is 35.5. The third-order valence-corrected chi connectivity index (χ3v) is 4.50. The predicted molar refractivity (Wildman–Crippen MR) is 94.0 cm³/mol. The van der Waals surface area contributed by atoms with Crippen LogP contribution in [0.25, 0.3) is 0 Å². The van der Waals surface area contributed by atoms with E-state index in [-0.39, 0.29) is 11.3 Å². The Hall–Kier alpha value is -2.59. The predicted octanol–water partition coefficient (Wildman–Crippen LogP) is 3.80. The number of carbonyl (C=O) groups excluding carboxylic acids is 2. The molecule has 4 nitrogen and oxygen atoms in total. The second-order valence-electron chi connectivity index (χ2n) is 5.69. The maximum Gasteiger partial charge on any atom is 0.253 e. The van der Waals surface area contributed by atoms with Crippen molar-refractivity contribution in [2.45, 2.75) is 19.4 Å². The van der Waals surface area contributed by atoms with Gasteiger partial charge in [0.05, 0.1) is 11.3 Å². The second-order valence-corrected chi connectivity index (χ2v) is 6.03. The number of nitrogens with zero attached hydrogens (tertiary/aromatic N) is 2. The Labute approximate surface area is 144 Å². The second kappa shape index (κ2) is 6.13. The van der Waals surface area contributed by atoms with E-state index in [4.69, 9.17) is 11.6 Å². The quantitative estimate of drug-likeness (QED) is 0.629. The Balaban J connectivity index is 2.11. The summed E-state index contributed by atoms with van der Waals surface area (Å²) in [6.07, 6.45) is 6.41.